The van der Waals surface area contributed by atoms with Crippen molar-refractivity contribution in [3.8, 4) is 22.9 Å². The second-order valence-corrected chi connectivity index (χ2v) is 7.74. The predicted octanol–water partition coefficient (Wildman–Crippen LogP) is 3.99. The average Bonchev–Trinajstić information content (AvgIpc) is 2.87. The molecule has 0 aliphatic heterocycles. The molecule has 1 heterocycles. The van der Waals surface area contributed by atoms with Crippen LogP contribution in [0.15, 0.2) is 65.5 Å². The van der Waals surface area contributed by atoms with E-state index < -0.39 is 5.91 Å². The fourth-order valence-corrected chi connectivity index (χ4v) is 3.74. The molecule has 0 saturated heterocycles. The first-order chi connectivity index (χ1) is 16.5. The van der Waals surface area contributed by atoms with Gasteiger partial charge in [-0.1, -0.05) is 29.8 Å². The van der Waals surface area contributed by atoms with Crippen molar-refractivity contribution in [1.29, 1.82) is 0 Å². The summed E-state index contributed by atoms with van der Waals surface area (Å²) in [6, 6.07) is 17.0. The molecule has 9 heteroatoms. The largest absolute Gasteiger partial charge is 0.493 e. The van der Waals surface area contributed by atoms with Crippen LogP contribution in [-0.2, 0) is 6.54 Å². The summed E-state index contributed by atoms with van der Waals surface area (Å²) in [5, 5.41) is 8.62. The molecule has 0 atom stereocenters. The number of carbonyl (C=O) groups is 1. The fourth-order valence-electron chi connectivity index (χ4n) is 3.62. The van der Waals surface area contributed by atoms with Crippen LogP contribution in [0.2, 0.25) is 5.02 Å². The first-order valence-corrected chi connectivity index (χ1v) is 10.7. The van der Waals surface area contributed by atoms with Gasteiger partial charge in [0.05, 0.1) is 32.4 Å². The van der Waals surface area contributed by atoms with E-state index >= 15 is 0 Å². The molecule has 4 rings (SSSR count). The van der Waals surface area contributed by atoms with Crippen LogP contribution in [0.25, 0.3) is 16.5 Å². The van der Waals surface area contributed by atoms with Crippen molar-refractivity contribution in [1.82, 2.24) is 15.1 Å². The first-order valence-electron chi connectivity index (χ1n) is 10.3. The van der Waals surface area contributed by atoms with Crippen LogP contribution in [0.3, 0.4) is 0 Å². The number of carbonyl (C=O) groups excluding carboxylic acids is 1. The maximum atomic E-state index is 13.2. The fraction of sp³-hybridized carbons (Fsp3) is 0.160. The van der Waals surface area contributed by atoms with Crippen LogP contribution in [-0.4, -0.2) is 37.0 Å². The Morgan fingerprint density at radius 2 is 1.56 bits per heavy atom. The Balaban J connectivity index is 1.71. The Labute approximate surface area is 200 Å². The molecule has 174 valence electrons. The average molecular weight is 480 g/mol. The van der Waals surface area contributed by atoms with Crippen molar-refractivity contribution in [3.05, 3.63) is 87.3 Å². The van der Waals surface area contributed by atoms with E-state index in [2.05, 4.69) is 10.4 Å². The number of benzene rings is 3. The normalized spacial score (nSPS) is 10.7. The second kappa shape index (κ2) is 9.84. The number of nitrogens with one attached hydrogen (secondary N) is 1. The Kier molecular flexibility index (Phi) is 6.70. The first kappa shape index (κ1) is 23.1. The number of hydrogen-bond acceptors (Lipinski definition) is 6. The number of ether oxygens (including phenoxy) is 3. The van der Waals surface area contributed by atoms with Gasteiger partial charge in [-0.2, -0.15) is 9.78 Å². The summed E-state index contributed by atoms with van der Waals surface area (Å²) in [4.78, 5) is 26.3. The van der Waals surface area contributed by atoms with Crippen molar-refractivity contribution in [2.24, 2.45) is 0 Å². The van der Waals surface area contributed by atoms with Crippen molar-refractivity contribution in [2.75, 3.05) is 21.3 Å². The van der Waals surface area contributed by atoms with E-state index in [-0.39, 0.29) is 17.8 Å². The molecular formula is C25H22ClN3O5. The summed E-state index contributed by atoms with van der Waals surface area (Å²) in [5.41, 5.74) is 1.02. The molecule has 0 fully saturated rings. The predicted molar refractivity (Wildman–Crippen MR) is 130 cm³/mol. The third-order valence-corrected chi connectivity index (χ3v) is 5.52. The van der Waals surface area contributed by atoms with Gasteiger partial charge in [-0.25, -0.2) is 0 Å². The minimum absolute atomic E-state index is 0.123. The number of hydrogen-bond donors (Lipinski definition) is 1. The van der Waals surface area contributed by atoms with Gasteiger partial charge in [-0.05, 0) is 48.0 Å². The summed E-state index contributed by atoms with van der Waals surface area (Å²) in [7, 11) is 4.57. The zero-order chi connectivity index (χ0) is 24.2. The highest BCUT2D eigenvalue weighted by atomic mass is 35.5. The molecule has 0 aliphatic rings. The van der Waals surface area contributed by atoms with Gasteiger partial charge < -0.3 is 19.5 Å². The molecule has 1 N–H and O–H groups in total. The third-order valence-electron chi connectivity index (χ3n) is 5.27. The lowest BCUT2D eigenvalue weighted by atomic mass is 10.1. The van der Waals surface area contributed by atoms with Crippen molar-refractivity contribution < 1.29 is 19.0 Å². The zero-order valence-corrected chi connectivity index (χ0v) is 19.6. The highest BCUT2D eigenvalue weighted by Crippen LogP contribution is 2.38. The molecule has 0 radical (unpaired) electrons. The van der Waals surface area contributed by atoms with E-state index in [1.165, 1.54) is 26.0 Å². The number of rotatable bonds is 7. The molecule has 0 bridgehead atoms. The number of amides is 1. The van der Waals surface area contributed by atoms with Gasteiger partial charge in [0.2, 0.25) is 5.75 Å². The molecule has 4 aromatic rings. The number of fused-ring (bicyclic) bond motifs is 1. The molecule has 0 saturated carbocycles. The van der Waals surface area contributed by atoms with Gasteiger partial charge in [0.15, 0.2) is 17.2 Å². The minimum atomic E-state index is -0.437. The van der Waals surface area contributed by atoms with E-state index in [4.69, 9.17) is 25.8 Å². The van der Waals surface area contributed by atoms with Crippen molar-refractivity contribution in [3.63, 3.8) is 0 Å². The van der Waals surface area contributed by atoms with Crippen LogP contribution in [0.5, 0.6) is 17.2 Å². The Morgan fingerprint density at radius 3 is 2.15 bits per heavy atom. The summed E-state index contributed by atoms with van der Waals surface area (Å²) in [6.07, 6.45) is 0. The number of methoxy groups -OCH3 is 3. The van der Waals surface area contributed by atoms with Crippen LogP contribution in [0.4, 0.5) is 0 Å². The van der Waals surface area contributed by atoms with Gasteiger partial charge in [0.1, 0.15) is 0 Å². The summed E-state index contributed by atoms with van der Waals surface area (Å²) < 4.78 is 17.3. The minimum Gasteiger partial charge on any atom is -0.493 e. The Morgan fingerprint density at radius 1 is 0.941 bits per heavy atom. The highest BCUT2D eigenvalue weighted by Gasteiger charge is 2.18. The Hall–Kier alpha value is -4.04. The van der Waals surface area contributed by atoms with E-state index in [1.807, 2.05) is 0 Å². The quantitative estimate of drug-likeness (QED) is 0.431. The summed E-state index contributed by atoms with van der Waals surface area (Å²) >= 11 is 5.98. The van der Waals surface area contributed by atoms with Crippen molar-refractivity contribution >= 4 is 28.3 Å². The molecule has 34 heavy (non-hydrogen) atoms. The molecular weight excluding hydrogens is 458 g/mol. The zero-order valence-electron chi connectivity index (χ0n) is 18.8. The van der Waals surface area contributed by atoms with Crippen LogP contribution < -0.4 is 25.1 Å². The van der Waals surface area contributed by atoms with Gasteiger partial charge in [-0.15, -0.1) is 0 Å². The van der Waals surface area contributed by atoms with E-state index in [0.717, 1.165) is 5.56 Å². The van der Waals surface area contributed by atoms with Crippen LogP contribution in [0.1, 0.15) is 16.1 Å². The molecule has 8 nitrogen and oxygen atoms in total. The lowest BCUT2D eigenvalue weighted by Crippen LogP contribution is -2.29. The lowest BCUT2D eigenvalue weighted by molar-refractivity contribution is 0.0946. The third kappa shape index (κ3) is 4.40. The van der Waals surface area contributed by atoms with E-state index in [0.29, 0.717) is 38.7 Å². The summed E-state index contributed by atoms with van der Waals surface area (Å²) in [6.45, 7) is 0.172. The van der Waals surface area contributed by atoms with Crippen LogP contribution in [0, 0.1) is 0 Å². The SMILES string of the molecule is COc1cc(CNC(=O)c2nn(-c3ccc(Cl)cc3)c(=O)c3ccccc23)cc(OC)c1OC. The monoisotopic (exact) mass is 479 g/mol. The van der Waals surface area contributed by atoms with Crippen molar-refractivity contribution in [2.45, 2.75) is 6.54 Å². The number of nitrogens with zero attached hydrogens (tertiary/aromatic N) is 2. The molecule has 0 spiro atoms. The molecule has 3 aromatic carbocycles. The molecule has 1 aromatic heterocycles. The Bertz CT molecular complexity index is 1390. The number of aromatic nitrogens is 2. The standard InChI is InChI=1S/C25H22ClN3O5/c1-32-20-12-15(13-21(33-2)23(20)34-3)14-27-24(30)22-18-6-4-5-7-19(18)25(31)29(28-22)17-10-8-16(26)9-11-17/h4-13H,14H2,1-3H3,(H,27,30). The summed E-state index contributed by atoms with van der Waals surface area (Å²) in [5.74, 6) is 0.979. The smallest absolute Gasteiger partial charge is 0.279 e. The van der Waals surface area contributed by atoms with E-state index in [1.54, 1.807) is 60.7 Å². The molecule has 1 amide bonds. The lowest BCUT2D eigenvalue weighted by Gasteiger charge is -2.15. The topological polar surface area (TPSA) is 91.7 Å². The van der Waals surface area contributed by atoms with Gasteiger partial charge in [0, 0.05) is 17.0 Å². The van der Waals surface area contributed by atoms with E-state index in [9.17, 15) is 9.59 Å². The second-order valence-electron chi connectivity index (χ2n) is 7.30. The molecule has 0 unspecified atom stereocenters. The number of halogens is 1. The van der Waals surface area contributed by atoms with Crippen LogP contribution >= 0.6 is 11.6 Å². The maximum Gasteiger partial charge on any atom is 0.279 e. The van der Waals surface area contributed by atoms with Gasteiger partial charge >= 0.3 is 0 Å². The highest BCUT2D eigenvalue weighted by molar-refractivity contribution is 6.30. The maximum absolute atomic E-state index is 13.2. The van der Waals surface area contributed by atoms with Gasteiger partial charge in [0.25, 0.3) is 11.5 Å². The van der Waals surface area contributed by atoms with Gasteiger partial charge in [-0.3, -0.25) is 9.59 Å². The molecule has 0 aliphatic carbocycles.